The van der Waals surface area contributed by atoms with Crippen LogP contribution in [-0.4, -0.2) is 36.6 Å². The van der Waals surface area contributed by atoms with Crippen LogP contribution in [-0.2, 0) is 20.6 Å². The van der Waals surface area contributed by atoms with Gasteiger partial charge in [-0.1, -0.05) is 0 Å². The molecule has 0 fully saturated rings. The van der Waals surface area contributed by atoms with Crippen LogP contribution < -0.4 is 10.6 Å². The Balaban J connectivity index is 2.00. The van der Waals surface area contributed by atoms with Gasteiger partial charge in [-0.25, -0.2) is 0 Å². The molecule has 0 atom stereocenters. The predicted octanol–water partition coefficient (Wildman–Crippen LogP) is 0.315. The van der Waals surface area contributed by atoms with Crippen LogP contribution in [0.4, 0.5) is 11.8 Å². The van der Waals surface area contributed by atoms with E-state index in [0.717, 1.165) is 22.5 Å². The molecule has 0 aliphatic rings. The van der Waals surface area contributed by atoms with Crippen molar-refractivity contribution in [1.29, 1.82) is 0 Å². The molecule has 8 heteroatoms. The molecule has 0 aromatic carbocycles. The molecule has 0 spiro atoms. The standard InChI is InChI=1S/C12H16N8/c1-18(7-8-4-5-19(2)17-8)10-9-6-14-20(3)11(9)16-12(13)15-10/h4-6H,7H2,1-3H3,(H2,13,15,16). The fraction of sp³-hybridized carbons (Fsp3) is 0.333. The summed E-state index contributed by atoms with van der Waals surface area (Å²) in [5.74, 6) is 0.996. The van der Waals surface area contributed by atoms with Gasteiger partial charge in [0.25, 0.3) is 0 Å². The minimum absolute atomic E-state index is 0.240. The van der Waals surface area contributed by atoms with E-state index < -0.39 is 0 Å². The Bertz CT molecular complexity index is 756. The normalized spacial score (nSPS) is 11.2. The van der Waals surface area contributed by atoms with Gasteiger partial charge in [-0.15, -0.1) is 0 Å². The predicted molar refractivity (Wildman–Crippen MR) is 76.0 cm³/mol. The van der Waals surface area contributed by atoms with Crippen LogP contribution in [0.25, 0.3) is 11.0 Å². The molecule has 0 radical (unpaired) electrons. The van der Waals surface area contributed by atoms with Crippen molar-refractivity contribution >= 4 is 22.8 Å². The number of aryl methyl sites for hydroxylation is 2. The van der Waals surface area contributed by atoms with Crippen LogP contribution in [0.15, 0.2) is 18.5 Å². The minimum atomic E-state index is 0.240. The Morgan fingerprint density at radius 3 is 2.80 bits per heavy atom. The molecule has 8 nitrogen and oxygen atoms in total. The van der Waals surface area contributed by atoms with Crippen molar-refractivity contribution in [3.8, 4) is 0 Å². The van der Waals surface area contributed by atoms with Crippen LogP contribution >= 0.6 is 0 Å². The molecular formula is C12H16N8. The second kappa shape index (κ2) is 4.48. The van der Waals surface area contributed by atoms with E-state index in [-0.39, 0.29) is 5.95 Å². The molecule has 104 valence electrons. The molecule has 0 unspecified atom stereocenters. The topological polar surface area (TPSA) is 90.7 Å². The maximum atomic E-state index is 5.78. The number of rotatable bonds is 3. The van der Waals surface area contributed by atoms with Gasteiger partial charge in [-0.2, -0.15) is 20.2 Å². The molecule has 3 aromatic heterocycles. The number of hydrogen-bond acceptors (Lipinski definition) is 6. The van der Waals surface area contributed by atoms with E-state index >= 15 is 0 Å². The lowest BCUT2D eigenvalue weighted by Crippen LogP contribution is -2.19. The molecule has 0 amide bonds. The lowest BCUT2D eigenvalue weighted by molar-refractivity contribution is 0.733. The average Bonchev–Trinajstić information content (AvgIpc) is 2.96. The molecule has 0 saturated carbocycles. The van der Waals surface area contributed by atoms with E-state index in [1.807, 2.05) is 38.3 Å². The van der Waals surface area contributed by atoms with Crippen LogP contribution in [0.1, 0.15) is 5.69 Å². The highest BCUT2D eigenvalue weighted by Crippen LogP contribution is 2.24. The van der Waals surface area contributed by atoms with Gasteiger partial charge < -0.3 is 10.6 Å². The maximum Gasteiger partial charge on any atom is 0.224 e. The van der Waals surface area contributed by atoms with Gasteiger partial charge in [-0.05, 0) is 6.07 Å². The molecule has 0 aliphatic heterocycles. The van der Waals surface area contributed by atoms with Crippen molar-refractivity contribution in [3.05, 3.63) is 24.2 Å². The Kier molecular flexibility index (Phi) is 2.78. The van der Waals surface area contributed by atoms with Crippen molar-refractivity contribution in [3.63, 3.8) is 0 Å². The van der Waals surface area contributed by atoms with Crippen molar-refractivity contribution in [1.82, 2.24) is 29.5 Å². The summed E-state index contributed by atoms with van der Waals surface area (Å²) < 4.78 is 3.46. The van der Waals surface area contributed by atoms with Crippen LogP contribution in [0.2, 0.25) is 0 Å². The SMILES string of the molecule is CN(Cc1ccn(C)n1)c1nc(N)nc2c1cnn2C. The Labute approximate surface area is 115 Å². The molecule has 3 heterocycles. The van der Waals surface area contributed by atoms with Gasteiger partial charge in [-0.3, -0.25) is 9.36 Å². The summed E-state index contributed by atoms with van der Waals surface area (Å²) in [4.78, 5) is 10.5. The lowest BCUT2D eigenvalue weighted by Gasteiger charge is -2.17. The second-order valence-corrected chi connectivity index (χ2v) is 4.75. The first-order valence-corrected chi connectivity index (χ1v) is 6.19. The van der Waals surface area contributed by atoms with Crippen molar-refractivity contribution in [2.24, 2.45) is 14.1 Å². The summed E-state index contributed by atoms with van der Waals surface area (Å²) in [5.41, 5.74) is 7.46. The number of anilines is 2. The van der Waals surface area contributed by atoms with E-state index in [1.165, 1.54) is 0 Å². The average molecular weight is 272 g/mol. The molecule has 2 N–H and O–H groups in total. The van der Waals surface area contributed by atoms with E-state index in [9.17, 15) is 0 Å². The number of nitrogens with two attached hydrogens (primary N) is 1. The lowest BCUT2D eigenvalue weighted by atomic mass is 10.3. The van der Waals surface area contributed by atoms with Crippen LogP contribution in [0.3, 0.4) is 0 Å². The van der Waals surface area contributed by atoms with E-state index in [0.29, 0.717) is 6.54 Å². The van der Waals surface area contributed by atoms with Crippen molar-refractivity contribution < 1.29 is 0 Å². The Morgan fingerprint density at radius 1 is 1.30 bits per heavy atom. The summed E-state index contributed by atoms with van der Waals surface area (Å²) in [6.07, 6.45) is 3.66. The minimum Gasteiger partial charge on any atom is -0.368 e. The van der Waals surface area contributed by atoms with E-state index in [4.69, 9.17) is 5.73 Å². The number of nitrogens with zero attached hydrogens (tertiary/aromatic N) is 7. The van der Waals surface area contributed by atoms with Gasteiger partial charge in [0, 0.05) is 27.3 Å². The molecule has 0 aliphatic carbocycles. The Morgan fingerprint density at radius 2 is 2.10 bits per heavy atom. The zero-order valence-corrected chi connectivity index (χ0v) is 11.6. The largest absolute Gasteiger partial charge is 0.368 e. The third-order valence-electron chi connectivity index (χ3n) is 3.12. The highest BCUT2D eigenvalue weighted by molar-refractivity contribution is 5.87. The molecular weight excluding hydrogens is 256 g/mol. The maximum absolute atomic E-state index is 5.78. The molecule has 0 saturated heterocycles. The summed E-state index contributed by atoms with van der Waals surface area (Å²) in [6, 6.07) is 1.97. The molecule has 3 aromatic rings. The zero-order valence-electron chi connectivity index (χ0n) is 11.6. The third kappa shape index (κ3) is 2.04. The van der Waals surface area contributed by atoms with Crippen LogP contribution in [0.5, 0.6) is 0 Å². The van der Waals surface area contributed by atoms with Crippen LogP contribution in [0, 0.1) is 0 Å². The van der Waals surface area contributed by atoms with Crippen molar-refractivity contribution in [2.45, 2.75) is 6.54 Å². The van der Waals surface area contributed by atoms with Crippen molar-refractivity contribution in [2.75, 3.05) is 17.7 Å². The van der Waals surface area contributed by atoms with Gasteiger partial charge in [0.1, 0.15) is 5.82 Å². The van der Waals surface area contributed by atoms with Gasteiger partial charge in [0.05, 0.1) is 23.8 Å². The molecule has 20 heavy (non-hydrogen) atoms. The first-order chi connectivity index (χ1) is 9.54. The smallest absolute Gasteiger partial charge is 0.224 e. The number of nitrogen functional groups attached to an aromatic ring is 1. The zero-order chi connectivity index (χ0) is 14.3. The summed E-state index contributed by atoms with van der Waals surface area (Å²) in [7, 11) is 5.67. The van der Waals surface area contributed by atoms with Gasteiger partial charge in [0.15, 0.2) is 5.65 Å². The third-order valence-corrected chi connectivity index (χ3v) is 3.12. The van der Waals surface area contributed by atoms with E-state index in [1.54, 1.807) is 15.6 Å². The van der Waals surface area contributed by atoms with Gasteiger partial charge in [0.2, 0.25) is 5.95 Å². The second-order valence-electron chi connectivity index (χ2n) is 4.75. The highest BCUT2D eigenvalue weighted by Gasteiger charge is 2.14. The quantitative estimate of drug-likeness (QED) is 0.738. The highest BCUT2D eigenvalue weighted by atomic mass is 15.3. The van der Waals surface area contributed by atoms with E-state index in [2.05, 4.69) is 20.2 Å². The number of hydrogen-bond donors (Lipinski definition) is 1. The number of aromatic nitrogens is 6. The first-order valence-electron chi connectivity index (χ1n) is 6.19. The summed E-state index contributed by atoms with van der Waals surface area (Å²) in [6.45, 7) is 0.640. The molecule has 0 bridgehead atoms. The fourth-order valence-electron chi connectivity index (χ4n) is 2.18. The monoisotopic (exact) mass is 272 g/mol. The van der Waals surface area contributed by atoms with Gasteiger partial charge >= 0.3 is 0 Å². The summed E-state index contributed by atoms with van der Waals surface area (Å²) >= 11 is 0. The fourth-order valence-corrected chi connectivity index (χ4v) is 2.18. The Hall–Kier alpha value is -2.64. The number of fused-ring (bicyclic) bond motifs is 1. The first kappa shape index (κ1) is 12.4. The summed E-state index contributed by atoms with van der Waals surface area (Å²) in [5, 5.41) is 9.44. The molecule has 3 rings (SSSR count).